The van der Waals surface area contributed by atoms with Gasteiger partial charge in [-0.05, 0) is 48.5 Å². The van der Waals surface area contributed by atoms with E-state index in [0.717, 1.165) is 11.8 Å². The molecule has 2 unspecified atom stereocenters. The van der Waals surface area contributed by atoms with Crippen molar-refractivity contribution in [1.82, 2.24) is 5.32 Å². The summed E-state index contributed by atoms with van der Waals surface area (Å²) in [7, 11) is 0. The maximum Gasteiger partial charge on any atom is 0.0300 e. The Hall–Kier alpha value is 0.01000. The summed E-state index contributed by atoms with van der Waals surface area (Å²) in [6.07, 6.45) is 3.42. The van der Waals surface area contributed by atoms with Crippen LogP contribution in [0.1, 0.15) is 31.9 Å². The van der Waals surface area contributed by atoms with Gasteiger partial charge in [-0.25, -0.2) is 0 Å². The van der Waals surface area contributed by atoms with E-state index in [1.165, 1.54) is 12.0 Å². The third-order valence-electron chi connectivity index (χ3n) is 2.45. The number of hydrogen-bond donors (Lipinski definition) is 1. The molecule has 1 nitrogen and oxygen atoms in total. The van der Waals surface area contributed by atoms with Crippen molar-refractivity contribution in [2.45, 2.75) is 31.6 Å². The van der Waals surface area contributed by atoms with Crippen LogP contribution in [0.15, 0.2) is 16.8 Å². The maximum absolute atomic E-state index is 3.54. The first-order valence-corrected chi connectivity index (χ1v) is 7.25. The second-order valence-corrected chi connectivity index (χ2v) is 5.62. The minimum absolute atomic E-state index is 0.496. The molecule has 2 atom stereocenters. The molecule has 14 heavy (non-hydrogen) atoms. The summed E-state index contributed by atoms with van der Waals surface area (Å²) in [5.41, 5.74) is 1.41. The predicted octanol–water partition coefficient (Wildman–Crippen LogP) is 3.54. The lowest BCUT2D eigenvalue weighted by molar-refractivity contribution is 0.559. The minimum Gasteiger partial charge on any atom is -0.310 e. The molecular weight excluding hydrogens is 210 g/mol. The molecule has 0 aliphatic heterocycles. The van der Waals surface area contributed by atoms with Crippen molar-refractivity contribution < 1.29 is 0 Å². The summed E-state index contributed by atoms with van der Waals surface area (Å²) in [6.45, 7) is 5.62. The van der Waals surface area contributed by atoms with E-state index in [2.05, 4.69) is 42.2 Å². The Morgan fingerprint density at radius 1 is 1.50 bits per heavy atom. The normalized spacial score (nSPS) is 15.4. The van der Waals surface area contributed by atoms with Crippen LogP contribution in [0.4, 0.5) is 0 Å². The molecule has 0 saturated carbocycles. The van der Waals surface area contributed by atoms with Crippen LogP contribution in [0.5, 0.6) is 0 Å². The average molecular weight is 229 g/mol. The smallest absolute Gasteiger partial charge is 0.0300 e. The fraction of sp³-hybridized carbons (Fsp3) is 0.636. The van der Waals surface area contributed by atoms with E-state index >= 15 is 0 Å². The minimum atomic E-state index is 0.496. The molecule has 1 N–H and O–H groups in total. The molecule has 3 heteroatoms. The molecule has 0 fully saturated rings. The number of thiophene rings is 1. The van der Waals surface area contributed by atoms with Crippen LogP contribution in [-0.4, -0.2) is 18.1 Å². The van der Waals surface area contributed by atoms with Gasteiger partial charge in [0, 0.05) is 11.3 Å². The highest BCUT2D eigenvalue weighted by molar-refractivity contribution is 7.99. The lowest BCUT2D eigenvalue weighted by Crippen LogP contribution is -2.21. The van der Waals surface area contributed by atoms with Crippen LogP contribution in [-0.2, 0) is 0 Å². The lowest BCUT2D eigenvalue weighted by atomic mass is 10.2. The first-order valence-electron chi connectivity index (χ1n) is 5.02. The van der Waals surface area contributed by atoms with E-state index in [4.69, 9.17) is 0 Å². The molecule has 0 aliphatic rings. The summed E-state index contributed by atoms with van der Waals surface area (Å²) in [6, 6.07) is 2.69. The topological polar surface area (TPSA) is 12.0 Å². The SMILES string of the molecule is CSC(C)CCNC(C)c1ccsc1. The van der Waals surface area contributed by atoms with Crippen molar-refractivity contribution in [3.05, 3.63) is 22.4 Å². The van der Waals surface area contributed by atoms with Gasteiger partial charge in [0.2, 0.25) is 0 Å². The first-order chi connectivity index (χ1) is 6.74. The largest absolute Gasteiger partial charge is 0.310 e. The van der Waals surface area contributed by atoms with Gasteiger partial charge < -0.3 is 5.32 Å². The Morgan fingerprint density at radius 3 is 2.86 bits per heavy atom. The molecule has 0 amide bonds. The van der Waals surface area contributed by atoms with Gasteiger partial charge in [0.25, 0.3) is 0 Å². The lowest BCUT2D eigenvalue weighted by Gasteiger charge is -2.14. The highest BCUT2D eigenvalue weighted by Crippen LogP contribution is 2.16. The molecule has 1 heterocycles. The van der Waals surface area contributed by atoms with Crippen LogP contribution >= 0.6 is 23.1 Å². The summed E-state index contributed by atoms with van der Waals surface area (Å²) >= 11 is 3.70. The zero-order valence-electron chi connectivity index (χ0n) is 9.12. The van der Waals surface area contributed by atoms with Gasteiger partial charge in [-0.1, -0.05) is 6.92 Å². The number of rotatable bonds is 6. The summed E-state index contributed by atoms with van der Waals surface area (Å²) in [5, 5.41) is 8.66. The molecule has 0 radical (unpaired) electrons. The third kappa shape index (κ3) is 4.03. The highest BCUT2D eigenvalue weighted by Gasteiger charge is 2.05. The maximum atomic E-state index is 3.54. The Morgan fingerprint density at radius 2 is 2.29 bits per heavy atom. The third-order valence-corrected chi connectivity index (χ3v) is 4.19. The van der Waals surface area contributed by atoms with Gasteiger partial charge in [0.15, 0.2) is 0 Å². The van der Waals surface area contributed by atoms with Crippen LogP contribution in [0.3, 0.4) is 0 Å². The van der Waals surface area contributed by atoms with Gasteiger partial charge >= 0.3 is 0 Å². The summed E-state index contributed by atoms with van der Waals surface area (Å²) in [4.78, 5) is 0. The predicted molar refractivity (Wildman–Crippen MR) is 68.3 cm³/mol. The Balaban J connectivity index is 2.19. The van der Waals surface area contributed by atoms with Gasteiger partial charge in [-0.2, -0.15) is 23.1 Å². The summed E-state index contributed by atoms with van der Waals surface area (Å²) in [5.74, 6) is 0. The Bertz CT molecular complexity index is 233. The molecule has 0 aromatic carbocycles. The molecule has 0 saturated heterocycles. The molecular formula is C11H19NS2. The van der Waals surface area contributed by atoms with Crippen molar-refractivity contribution in [3.63, 3.8) is 0 Å². The molecule has 80 valence electrons. The monoisotopic (exact) mass is 229 g/mol. The molecule has 1 aromatic rings. The van der Waals surface area contributed by atoms with E-state index in [9.17, 15) is 0 Å². The van der Waals surface area contributed by atoms with Gasteiger partial charge in [0.05, 0.1) is 0 Å². The van der Waals surface area contributed by atoms with Crippen LogP contribution < -0.4 is 5.32 Å². The molecule has 0 bridgehead atoms. The molecule has 0 aliphatic carbocycles. The average Bonchev–Trinajstić information content (AvgIpc) is 2.70. The second kappa shape index (κ2) is 6.49. The van der Waals surface area contributed by atoms with Gasteiger partial charge in [0.1, 0.15) is 0 Å². The van der Waals surface area contributed by atoms with E-state index in [1.807, 2.05) is 11.8 Å². The summed E-state index contributed by atoms with van der Waals surface area (Å²) < 4.78 is 0. The number of hydrogen-bond acceptors (Lipinski definition) is 3. The standard InChI is InChI=1S/C11H19NS2/c1-9(13-3)4-6-12-10(2)11-5-7-14-8-11/h5,7-10,12H,4,6H2,1-3H3. The van der Waals surface area contributed by atoms with E-state index in [1.54, 1.807) is 11.3 Å². The first kappa shape index (κ1) is 12.1. The Kier molecular flexibility index (Phi) is 5.60. The van der Waals surface area contributed by atoms with Crippen molar-refractivity contribution in [2.75, 3.05) is 12.8 Å². The molecule has 0 spiro atoms. The van der Waals surface area contributed by atoms with Crippen LogP contribution in [0, 0.1) is 0 Å². The van der Waals surface area contributed by atoms with E-state index < -0.39 is 0 Å². The fourth-order valence-corrected chi connectivity index (χ4v) is 2.37. The molecule has 1 rings (SSSR count). The zero-order chi connectivity index (χ0) is 10.4. The van der Waals surface area contributed by atoms with Crippen molar-refractivity contribution in [1.29, 1.82) is 0 Å². The second-order valence-electron chi connectivity index (χ2n) is 3.57. The van der Waals surface area contributed by atoms with Crippen molar-refractivity contribution in [3.8, 4) is 0 Å². The van der Waals surface area contributed by atoms with Gasteiger partial charge in [-0.3, -0.25) is 0 Å². The Labute approximate surface area is 95.3 Å². The number of thioether (sulfide) groups is 1. The zero-order valence-corrected chi connectivity index (χ0v) is 10.8. The fourth-order valence-electron chi connectivity index (χ4n) is 1.26. The van der Waals surface area contributed by atoms with Crippen LogP contribution in [0.25, 0.3) is 0 Å². The van der Waals surface area contributed by atoms with E-state index in [-0.39, 0.29) is 0 Å². The van der Waals surface area contributed by atoms with Crippen molar-refractivity contribution >= 4 is 23.1 Å². The quantitative estimate of drug-likeness (QED) is 0.801. The van der Waals surface area contributed by atoms with Gasteiger partial charge in [-0.15, -0.1) is 0 Å². The van der Waals surface area contributed by atoms with E-state index in [0.29, 0.717) is 6.04 Å². The molecule has 1 aromatic heterocycles. The van der Waals surface area contributed by atoms with Crippen LogP contribution in [0.2, 0.25) is 0 Å². The highest BCUT2D eigenvalue weighted by atomic mass is 32.2. The number of nitrogens with one attached hydrogen (secondary N) is 1. The van der Waals surface area contributed by atoms with Crippen molar-refractivity contribution in [2.24, 2.45) is 0 Å².